The maximum Gasteiger partial charge on any atom is 0.293 e. The van der Waals surface area contributed by atoms with Gasteiger partial charge < -0.3 is 9.88 Å². The van der Waals surface area contributed by atoms with E-state index in [9.17, 15) is 4.79 Å². The Morgan fingerprint density at radius 2 is 2.18 bits per heavy atom. The molecular weight excluding hydrogens is 238 g/mol. The third kappa shape index (κ3) is 4.04. The average Bonchev–Trinajstić information content (AvgIpc) is 2.28. The van der Waals surface area contributed by atoms with Crippen molar-refractivity contribution in [3.05, 3.63) is 22.7 Å². The Kier molecular flexibility index (Phi) is 5.48. The SMILES string of the molecule is CC(CCCCl)Nc1nccn(C(C)C)c1=O. The molecule has 0 radical (unpaired) electrons. The lowest BCUT2D eigenvalue weighted by molar-refractivity contribution is 0.573. The molecule has 17 heavy (non-hydrogen) atoms. The van der Waals surface area contributed by atoms with Crippen molar-refractivity contribution < 1.29 is 0 Å². The molecule has 1 aromatic heterocycles. The fourth-order valence-corrected chi connectivity index (χ4v) is 1.77. The van der Waals surface area contributed by atoms with Crippen molar-refractivity contribution in [2.24, 2.45) is 0 Å². The topological polar surface area (TPSA) is 46.9 Å². The minimum absolute atomic E-state index is 0.0692. The van der Waals surface area contributed by atoms with Crippen molar-refractivity contribution in [2.45, 2.75) is 45.7 Å². The lowest BCUT2D eigenvalue weighted by Gasteiger charge is -2.15. The summed E-state index contributed by atoms with van der Waals surface area (Å²) in [6.45, 7) is 5.98. The van der Waals surface area contributed by atoms with Crippen molar-refractivity contribution >= 4 is 17.4 Å². The van der Waals surface area contributed by atoms with Gasteiger partial charge in [-0.2, -0.15) is 0 Å². The molecule has 0 aliphatic heterocycles. The maximum absolute atomic E-state index is 12.0. The van der Waals surface area contributed by atoms with Crippen LogP contribution in [0.15, 0.2) is 17.2 Å². The Labute approximate surface area is 107 Å². The molecule has 0 aliphatic carbocycles. The Morgan fingerprint density at radius 1 is 1.47 bits per heavy atom. The van der Waals surface area contributed by atoms with E-state index in [1.54, 1.807) is 17.0 Å². The lowest BCUT2D eigenvalue weighted by Crippen LogP contribution is -2.28. The molecule has 0 fully saturated rings. The summed E-state index contributed by atoms with van der Waals surface area (Å²) in [5.41, 5.74) is -0.0692. The fourth-order valence-electron chi connectivity index (χ4n) is 1.62. The molecule has 1 N–H and O–H groups in total. The van der Waals surface area contributed by atoms with Crippen LogP contribution in [0.25, 0.3) is 0 Å². The molecule has 5 heteroatoms. The van der Waals surface area contributed by atoms with Gasteiger partial charge in [0.1, 0.15) is 0 Å². The fraction of sp³-hybridized carbons (Fsp3) is 0.667. The second-order valence-electron chi connectivity index (χ2n) is 4.46. The molecule has 1 atom stereocenters. The van der Waals surface area contributed by atoms with Crippen LogP contribution in [0.4, 0.5) is 5.82 Å². The van der Waals surface area contributed by atoms with Crippen LogP contribution in [0.1, 0.15) is 39.7 Å². The van der Waals surface area contributed by atoms with Crippen LogP contribution < -0.4 is 10.9 Å². The minimum Gasteiger partial charge on any atom is -0.363 e. The number of aromatic nitrogens is 2. The number of halogens is 1. The van der Waals surface area contributed by atoms with Gasteiger partial charge in [0.05, 0.1) is 0 Å². The van der Waals surface area contributed by atoms with E-state index < -0.39 is 0 Å². The van der Waals surface area contributed by atoms with Gasteiger partial charge in [-0.1, -0.05) is 0 Å². The molecule has 0 saturated heterocycles. The lowest BCUT2D eigenvalue weighted by atomic mass is 10.2. The Balaban J connectivity index is 2.78. The highest BCUT2D eigenvalue weighted by atomic mass is 35.5. The first-order valence-electron chi connectivity index (χ1n) is 5.96. The summed E-state index contributed by atoms with van der Waals surface area (Å²) in [4.78, 5) is 16.1. The van der Waals surface area contributed by atoms with Crippen molar-refractivity contribution in [3.63, 3.8) is 0 Å². The van der Waals surface area contributed by atoms with Crippen molar-refractivity contribution in [1.29, 1.82) is 0 Å². The van der Waals surface area contributed by atoms with Crippen LogP contribution in [-0.2, 0) is 0 Å². The molecule has 0 bridgehead atoms. The number of anilines is 1. The van der Waals surface area contributed by atoms with Crippen LogP contribution in [0.5, 0.6) is 0 Å². The minimum atomic E-state index is -0.0692. The van der Waals surface area contributed by atoms with Crippen molar-refractivity contribution in [1.82, 2.24) is 9.55 Å². The van der Waals surface area contributed by atoms with Gasteiger partial charge in [0.25, 0.3) is 5.56 Å². The largest absolute Gasteiger partial charge is 0.363 e. The van der Waals surface area contributed by atoms with Gasteiger partial charge in [-0.3, -0.25) is 4.79 Å². The monoisotopic (exact) mass is 257 g/mol. The Morgan fingerprint density at radius 3 is 2.76 bits per heavy atom. The molecule has 0 aromatic carbocycles. The highest BCUT2D eigenvalue weighted by Crippen LogP contribution is 2.06. The molecule has 96 valence electrons. The molecule has 0 amide bonds. The van der Waals surface area contributed by atoms with Crippen molar-refractivity contribution in [2.75, 3.05) is 11.2 Å². The maximum atomic E-state index is 12.0. The molecule has 0 spiro atoms. The summed E-state index contributed by atoms with van der Waals surface area (Å²) >= 11 is 5.64. The second kappa shape index (κ2) is 6.64. The molecule has 0 aliphatic rings. The van der Waals surface area contributed by atoms with E-state index >= 15 is 0 Å². The van der Waals surface area contributed by atoms with Crippen LogP contribution >= 0.6 is 11.6 Å². The number of hydrogen-bond acceptors (Lipinski definition) is 3. The van der Waals surface area contributed by atoms with Crippen LogP contribution in [0.3, 0.4) is 0 Å². The summed E-state index contributed by atoms with van der Waals surface area (Å²) in [6.07, 6.45) is 5.22. The van der Waals surface area contributed by atoms with E-state index in [0.29, 0.717) is 11.7 Å². The third-order valence-corrected chi connectivity index (χ3v) is 2.85. The normalized spacial score (nSPS) is 12.8. The quantitative estimate of drug-likeness (QED) is 0.797. The van der Waals surface area contributed by atoms with Gasteiger partial charge in [-0.25, -0.2) is 4.98 Å². The Bertz CT molecular complexity index is 403. The number of nitrogens with one attached hydrogen (secondary N) is 1. The van der Waals surface area contributed by atoms with Gasteiger partial charge in [-0.05, 0) is 33.6 Å². The molecule has 1 unspecified atom stereocenters. The van der Waals surface area contributed by atoms with Crippen LogP contribution in [0, 0.1) is 0 Å². The third-order valence-electron chi connectivity index (χ3n) is 2.58. The number of alkyl halides is 1. The number of rotatable bonds is 6. The standard InChI is InChI=1S/C12H20ClN3O/c1-9(2)16-8-7-14-11(12(16)17)15-10(3)5-4-6-13/h7-10H,4-6H2,1-3H3,(H,14,15). The molecule has 0 saturated carbocycles. The smallest absolute Gasteiger partial charge is 0.293 e. The molecular formula is C12H20ClN3O. The highest BCUT2D eigenvalue weighted by molar-refractivity contribution is 6.17. The summed E-state index contributed by atoms with van der Waals surface area (Å²) in [6, 6.07) is 0.348. The molecule has 1 heterocycles. The van der Waals surface area contributed by atoms with Gasteiger partial charge in [0.15, 0.2) is 5.82 Å². The van der Waals surface area contributed by atoms with Crippen LogP contribution in [0.2, 0.25) is 0 Å². The molecule has 4 nitrogen and oxygen atoms in total. The number of nitrogens with zero attached hydrogens (tertiary/aromatic N) is 2. The van der Waals surface area contributed by atoms with E-state index in [4.69, 9.17) is 11.6 Å². The predicted octanol–water partition coefficient (Wildman–Crippen LogP) is 2.64. The molecule has 1 rings (SSSR count). The van der Waals surface area contributed by atoms with E-state index in [-0.39, 0.29) is 17.6 Å². The summed E-state index contributed by atoms with van der Waals surface area (Å²) < 4.78 is 1.67. The predicted molar refractivity (Wildman–Crippen MR) is 71.9 cm³/mol. The van der Waals surface area contributed by atoms with E-state index in [2.05, 4.69) is 10.3 Å². The van der Waals surface area contributed by atoms with Gasteiger partial charge in [0.2, 0.25) is 0 Å². The zero-order valence-corrected chi connectivity index (χ0v) is 11.4. The second-order valence-corrected chi connectivity index (χ2v) is 4.84. The first kappa shape index (κ1) is 14.0. The Hall–Kier alpha value is -1.03. The first-order valence-corrected chi connectivity index (χ1v) is 6.49. The first-order chi connectivity index (χ1) is 8.06. The zero-order chi connectivity index (χ0) is 12.8. The summed E-state index contributed by atoms with van der Waals surface area (Å²) in [5, 5.41) is 3.14. The van der Waals surface area contributed by atoms with Gasteiger partial charge in [-0.15, -0.1) is 11.6 Å². The summed E-state index contributed by atoms with van der Waals surface area (Å²) in [7, 11) is 0. The average molecular weight is 258 g/mol. The van der Waals surface area contributed by atoms with E-state index in [0.717, 1.165) is 12.8 Å². The summed E-state index contributed by atoms with van der Waals surface area (Å²) in [5.74, 6) is 1.06. The molecule has 1 aromatic rings. The number of hydrogen-bond donors (Lipinski definition) is 1. The highest BCUT2D eigenvalue weighted by Gasteiger charge is 2.09. The van der Waals surface area contributed by atoms with Crippen molar-refractivity contribution in [3.8, 4) is 0 Å². The van der Waals surface area contributed by atoms with E-state index in [1.807, 2.05) is 20.8 Å². The zero-order valence-electron chi connectivity index (χ0n) is 10.6. The van der Waals surface area contributed by atoms with E-state index in [1.165, 1.54) is 0 Å². The van der Waals surface area contributed by atoms with Gasteiger partial charge >= 0.3 is 0 Å². The van der Waals surface area contributed by atoms with Crippen LogP contribution in [-0.4, -0.2) is 21.5 Å². The van der Waals surface area contributed by atoms with Gasteiger partial charge in [0, 0.05) is 30.4 Å².